The predicted octanol–water partition coefficient (Wildman–Crippen LogP) is 5.08. The predicted molar refractivity (Wildman–Crippen MR) is 114 cm³/mol. The minimum Gasteiger partial charge on any atom is -0.258 e. The fraction of sp³-hybridized carbons (Fsp3) is 0.211. The molecule has 0 aliphatic carbocycles. The van der Waals surface area contributed by atoms with Crippen molar-refractivity contribution >= 4 is 39.6 Å². The van der Waals surface area contributed by atoms with Gasteiger partial charge in [0.05, 0.1) is 16.7 Å². The van der Waals surface area contributed by atoms with E-state index in [9.17, 15) is 10.1 Å². The number of hydrogen-bond acceptors (Lipinski definition) is 6. The van der Waals surface area contributed by atoms with Gasteiger partial charge >= 0.3 is 0 Å². The van der Waals surface area contributed by atoms with Gasteiger partial charge in [-0.15, -0.1) is 10.2 Å². The van der Waals surface area contributed by atoms with E-state index in [-0.39, 0.29) is 5.69 Å². The number of para-hydroxylation sites is 1. The van der Waals surface area contributed by atoms with E-state index >= 15 is 0 Å². The van der Waals surface area contributed by atoms with Crippen molar-refractivity contribution in [3.63, 3.8) is 0 Å². The number of halogens is 1. The van der Waals surface area contributed by atoms with Gasteiger partial charge in [-0.05, 0) is 30.2 Å². The van der Waals surface area contributed by atoms with Gasteiger partial charge in [-0.25, -0.2) is 0 Å². The molecule has 0 atom stereocenters. The van der Waals surface area contributed by atoms with Crippen LogP contribution in [0.25, 0.3) is 0 Å². The van der Waals surface area contributed by atoms with Gasteiger partial charge in [0.25, 0.3) is 5.69 Å². The molecule has 0 fully saturated rings. The molecule has 3 rings (SSSR count). The van der Waals surface area contributed by atoms with Gasteiger partial charge < -0.3 is 0 Å². The first-order valence-electron chi connectivity index (χ1n) is 8.67. The number of nitro benzene ring substituents is 1. The van der Waals surface area contributed by atoms with Crippen LogP contribution in [0.3, 0.4) is 0 Å². The van der Waals surface area contributed by atoms with E-state index in [0.29, 0.717) is 10.7 Å². The maximum Gasteiger partial charge on any atom is 0.278 e. The highest BCUT2D eigenvalue weighted by molar-refractivity contribution is 9.10. The molecule has 28 heavy (non-hydrogen) atoms. The molecular formula is C19H18BrN5O2S. The topological polar surface area (TPSA) is 86.2 Å². The Balaban J connectivity index is 1.85. The van der Waals surface area contributed by atoms with Crippen molar-refractivity contribution in [2.24, 2.45) is 5.10 Å². The third-order valence-corrected chi connectivity index (χ3v) is 5.40. The number of aromatic nitrogens is 3. The fourth-order valence-electron chi connectivity index (χ4n) is 2.49. The second-order valence-corrected chi connectivity index (χ2v) is 7.79. The van der Waals surface area contributed by atoms with Crippen LogP contribution in [0, 0.1) is 10.1 Å². The van der Waals surface area contributed by atoms with Crippen LogP contribution in [0.4, 0.5) is 5.69 Å². The normalized spacial score (nSPS) is 11.2. The highest BCUT2D eigenvalue weighted by Crippen LogP contribution is 2.24. The number of nitrogens with zero attached hydrogens (tertiary/aromatic N) is 5. The molecule has 2 aromatic carbocycles. The number of thioether (sulfide) groups is 1. The van der Waals surface area contributed by atoms with E-state index in [1.165, 1.54) is 24.0 Å². The van der Waals surface area contributed by atoms with Crippen LogP contribution in [0.2, 0.25) is 0 Å². The lowest BCUT2D eigenvalue weighted by molar-refractivity contribution is -0.385. The summed E-state index contributed by atoms with van der Waals surface area (Å²) in [5, 5.41) is 24.8. The van der Waals surface area contributed by atoms with Crippen molar-refractivity contribution in [3.8, 4) is 0 Å². The summed E-state index contributed by atoms with van der Waals surface area (Å²) in [4.78, 5) is 10.8. The van der Waals surface area contributed by atoms with Gasteiger partial charge in [-0.3, -0.25) is 10.1 Å². The van der Waals surface area contributed by atoms with Gasteiger partial charge in [0, 0.05) is 22.7 Å². The molecule has 0 N–H and O–H groups in total. The molecular weight excluding hydrogens is 442 g/mol. The lowest BCUT2D eigenvalue weighted by Crippen LogP contribution is -2.01. The van der Waals surface area contributed by atoms with Crippen molar-refractivity contribution in [2.75, 3.05) is 0 Å². The standard InChI is InChI=1S/C19H18BrN5O2S/c1-2-5-18-22-23-19(28-13-14-8-10-16(20)11-9-14)24(18)21-12-15-6-3-4-7-17(15)25(26)27/h3-4,6-12H,2,5,13H2,1H3/b21-12+. The molecule has 7 nitrogen and oxygen atoms in total. The van der Waals surface area contributed by atoms with Gasteiger partial charge in [0.15, 0.2) is 5.82 Å². The third-order valence-electron chi connectivity index (χ3n) is 3.88. The van der Waals surface area contributed by atoms with Gasteiger partial charge in [-0.2, -0.15) is 9.78 Å². The molecule has 0 bridgehead atoms. The van der Waals surface area contributed by atoms with Crippen molar-refractivity contribution < 1.29 is 4.92 Å². The molecule has 0 saturated heterocycles. The Morgan fingerprint density at radius 1 is 1.21 bits per heavy atom. The summed E-state index contributed by atoms with van der Waals surface area (Å²) in [6.45, 7) is 2.05. The summed E-state index contributed by atoms with van der Waals surface area (Å²) in [5.74, 6) is 1.45. The van der Waals surface area contributed by atoms with E-state index in [1.54, 1.807) is 22.9 Å². The van der Waals surface area contributed by atoms with E-state index in [4.69, 9.17) is 0 Å². The van der Waals surface area contributed by atoms with Gasteiger partial charge in [0.1, 0.15) is 0 Å². The van der Waals surface area contributed by atoms with Crippen LogP contribution in [0.15, 0.2) is 63.3 Å². The molecule has 1 aromatic heterocycles. The van der Waals surface area contributed by atoms with Crippen molar-refractivity contribution in [2.45, 2.75) is 30.7 Å². The smallest absolute Gasteiger partial charge is 0.258 e. The highest BCUT2D eigenvalue weighted by Gasteiger charge is 2.14. The Bertz CT molecular complexity index is 988. The maximum absolute atomic E-state index is 11.2. The van der Waals surface area contributed by atoms with Crippen LogP contribution in [0.5, 0.6) is 0 Å². The largest absolute Gasteiger partial charge is 0.278 e. The Labute approximate surface area is 175 Å². The quantitative estimate of drug-likeness (QED) is 0.203. The Morgan fingerprint density at radius 3 is 2.68 bits per heavy atom. The molecule has 9 heteroatoms. The molecule has 0 aliphatic rings. The molecule has 0 aliphatic heterocycles. The Kier molecular flexibility index (Phi) is 6.94. The second-order valence-electron chi connectivity index (χ2n) is 5.94. The number of aryl methyl sites for hydroxylation is 1. The van der Waals surface area contributed by atoms with E-state index < -0.39 is 4.92 Å². The first kappa shape index (κ1) is 20.2. The zero-order valence-corrected chi connectivity index (χ0v) is 17.6. The molecule has 1 heterocycles. The van der Waals surface area contributed by atoms with Crippen LogP contribution in [-0.2, 0) is 12.2 Å². The Hall–Kier alpha value is -2.52. The molecule has 0 saturated carbocycles. The lowest BCUT2D eigenvalue weighted by Gasteiger charge is -2.04. The molecule has 144 valence electrons. The highest BCUT2D eigenvalue weighted by atomic mass is 79.9. The lowest BCUT2D eigenvalue weighted by atomic mass is 10.2. The van der Waals surface area contributed by atoms with E-state index in [1.807, 2.05) is 24.3 Å². The van der Waals surface area contributed by atoms with Gasteiger partial charge in [0.2, 0.25) is 5.16 Å². The number of rotatable bonds is 8. The van der Waals surface area contributed by atoms with Crippen LogP contribution < -0.4 is 0 Å². The van der Waals surface area contributed by atoms with Crippen molar-refractivity contribution in [3.05, 3.63) is 80.1 Å². The molecule has 0 spiro atoms. The molecule has 0 radical (unpaired) electrons. The van der Waals surface area contributed by atoms with Crippen molar-refractivity contribution in [1.29, 1.82) is 0 Å². The Morgan fingerprint density at radius 2 is 1.96 bits per heavy atom. The zero-order chi connectivity index (χ0) is 19.9. The summed E-state index contributed by atoms with van der Waals surface area (Å²) in [6.07, 6.45) is 3.11. The first-order valence-corrected chi connectivity index (χ1v) is 10.5. The van der Waals surface area contributed by atoms with Crippen LogP contribution in [-0.4, -0.2) is 26.0 Å². The average molecular weight is 460 g/mol. The first-order chi connectivity index (χ1) is 13.6. The summed E-state index contributed by atoms with van der Waals surface area (Å²) in [6, 6.07) is 14.6. The molecule has 3 aromatic rings. The second kappa shape index (κ2) is 9.61. The molecule has 0 unspecified atom stereocenters. The monoisotopic (exact) mass is 459 g/mol. The zero-order valence-electron chi connectivity index (χ0n) is 15.2. The number of benzene rings is 2. The van der Waals surface area contributed by atoms with E-state index in [0.717, 1.165) is 34.5 Å². The summed E-state index contributed by atoms with van der Waals surface area (Å²) >= 11 is 4.96. The van der Waals surface area contributed by atoms with Gasteiger partial charge in [-0.1, -0.05) is 58.9 Å². The van der Waals surface area contributed by atoms with Crippen LogP contribution in [0.1, 0.15) is 30.3 Å². The average Bonchev–Trinajstić information content (AvgIpc) is 3.08. The fourth-order valence-corrected chi connectivity index (χ4v) is 3.62. The number of hydrogen-bond donors (Lipinski definition) is 0. The SMILES string of the molecule is CCCc1nnc(SCc2ccc(Br)cc2)n1/N=C/c1ccccc1[N+](=O)[O-]. The van der Waals surface area contributed by atoms with E-state index in [2.05, 4.69) is 38.2 Å². The summed E-state index contributed by atoms with van der Waals surface area (Å²) in [5.41, 5.74) is 1.61. The minimum atomic E-state index is -0.413. The minimum absolute atomic E-state index is 0.0143. The summed E-state index contributed by atoms with van der Waals surface area (Å²) in [7, 11) is 0. The maximum atomic E-state index is 11.2. The number of nitro groups is 1. The van der Waals surface area contributed by atoms with Crippen molar-refractivity contribution in [1.82, 2.24) is 14.9 Å². The summed E-state index contributed by atoms with van der Waals surface area (Å²) < 4.78 is 2.70. The molecule has 0 amide bonds. The van der Waals surface area contributed by atoms with Crippen LogP contribution >= 0.6 is 27.7 Å². The third kappa shape index (κ3) is 5.05.